The number of thiophene rings is 1. The van der Waals surface area contributed by atoms with Crippen molar-refractivity contribution in [1.29, 1.82) is 0 Å². The highest BCUT2D eigenvalue weighted by Crippen LogP contribution is 2.34. The minimum atomic E-state index is -0.898. The van der Waals surface area contributed by atoms with Crippen molar-refractivity contribution in [2.75, 3.05) is 0 Å². The van der Waals surface area contributed by atoms with Crippen LogP contribution in [0.1, 0.15) is 10.4 Å². The Bertz CT molecular complexity index is 746. The van der Waals surface area contributed by atoms with Crippen LogP contribution in [-0.4, -0.2) is 11.1 Å². The third kappa shape index (κ3) is 1.59. The molecule has 0 unspecified atom stereocenters. The Morgan fingerprint density at radius 3 is 2.76 bits per heavy atom. The summed E-state index contributed by atoms with van der Waals surface area (Å²) in [5, 5.41) is 14.4. The lowest BCUT2D eigenvalue weighted by Gasteiger charge is -2.04. The molecule has 0 atom stereocenters. The number of aromatic carboxylic acids is 1. The third-order valence-corrected chi connectivity index (χ3v) is 3.93. The van der Waals surface area contributed by atoms with Crippen LogP contribution in [0.5, 0.6) is 0 Å². The predicted molar refractivity (Wildman–Crippen MR) is 71.3 cm³/mol. The molecule has 1 aromatic heterocycles. The van der Waals surface area contributed by atoms with E-state index in [1.807, 2.05) is 23.6 Å². The van der Waals surface area contributed by atoms with Gasteiger partial charge in [0.2, 0.25) is 0 Å². The average molecular weight is 263 g/mol. The number of fused-ring (bicyclic) bond motifs is 3. The number of halogens is 1. The van der Waals surface area contributed by atoms with Gasteiger partial charge in [0.25, 0.3) is 0 Å². The summed E-state index contributed by atoms with van der Waals surface area (Å²) in [6.45, 7) is 0. The number of hydrogen-bond donors (Lipinski definition) is 1. The van der Waals surface area contributed by atoms with Gasteiger partial charge in [0.05, 0.1) is 5.56 Å². The van der Waals surface area contributed by atoms with Gasteiger partial charge < -0.3 is 5.11 Å². The van der Waals surface area contributed by atoms with Crippen LogP contribution in [0.15, 0.2) is 35.7 Å². The monoisotopic (exact) mass is 262 g/mol. The van der Waals surface area contributed by atoms with E-state index in [1.165, 1.54) is 11.3 Å². The van der Waals surface area contributed by atoms with Gasteiger partial charge in [0.15, 0.2) is 0 Å². The van der Waals surface area contributed by atoms with E-state index in [4.69, 9.17) is 11.6 Å². The Hall–Kier alpha value is -1.58. The second kappa shape index (κ2) is 3.72. The van der Waals surface area contributed by atoms with E-state index < -0.39 is 5.97 Å². The Balaban J connectivity index is 2.55. The standard InChI is InChI=1S/C13H7ClO2S/c14-8-2-1-7-5-11(13(15)16)9-3-4-17-12(9)10(7)6-8/h1-6H,(H,15,16). The van der Waals surface area contributed by atoms with Crippen LogP contribution in [0.3, 0.4) is 0 Å². The summed E-state index contributed by atoms with van der Waals surface area (Å²) in [4.78, 5) is 11.2. The Labute approximate surface area is 106 Å². The first-order valence-corrected chi connectivity index (χ1v) is 6.25. The first-order valence-electron chi connectivity index (χ1n) is 4.99. The fourth-order valence-electron chi connectivity index (χ4n) is 1.99. The van der Waals surface area contributed by atoms with Gasteiger partial charge in [-0.15, -0.1) is 11.3 Å². The second-order valence-electron chi connectivity index (χ2n) is 3.76. The van der Waals surface area contributed by atoms with Gasteiger partial charge in [-0.3, -0.25) is 0 Å². The number of benzene rings is 2. The van der Waals surface area contributed by atoms with Crippen molar-refractivity contribution in [3.8, 4) is 0 Å². The molecule has 0 amide bonds. The molecule has 2 nitrogen and oxygen atoms in total. The molecule has 0 saturated carbocycles. The molecule has 2 aromatic carbocycles. The molecule has 3 aromatic rings. The Kier molecular flexibility index (Phi) is 2.31. The van der Waals surface area contributed by atoms with Gasteiger partial charge in [0, 0.05) is 20.5 Å². The molecule has 17 heavy (non-hydrogen) atoms. The van der Waals surface area contributed by atoms with Gasteiger partial charge in [-0.1, -0.05) is 17.7 Å². The van der Waals surface area contributed by atoms with E-state index in [0.29, 0.717) is 10.6 Å². The Morgan fingerprint density at radius 1 is 1.18 bits per heavy atom. The molecular formula is C13H7ClO2S. The molecule has 0 bridgehead atoms. The van der Waals surface area contributed by atoms with Crippen molar-refractivity contribution < 1.29 is 9.90 Å². The summed E-state index contributed by atoms with van der Waals surface area (Å²) in [5.74, 6) is -0.898. The van der Waals surface area contributed by atoms with Gasteiger partial charge >= 0.3 is 5.97 Å². The lowest BCUT2D eigenvalue weighted by molar-refractivity contribution is 0.0699. The number of carboxylic acid groups (broad SMARTS) is 1. The van der Waals surface area contributed by atoms with Crippen molar-refractivity contribution in [2.24, 2.45) is 0 Å². The summed E-state index contributed by atoms with van der Waals surface area (Å²) in [5.41, 5.74) is 0.344. The quantitative estimate of drug-likeness (QED) is 0.705. The first-order chi connectivity index (χ1) is 8.16. The van der Waals surface area contributed by atoms with E-state index in [2.05, 4.69) is 0 Å². The molecule has 0 aliphatic carbocycles. The molecule has 84 valence electrons. The molecule has 1 heterocycles. The second-order valence-corrected chi connectivity index (χ2v) is 5.11. The van der Waals surface area contributed by atoms with E-state index >= 15 is 0 Å². The maximum atomic E-state index is 11.2. The molecule has 4 heteroatoms. The summed E-state index contributed by atoms with van der Waals surface area (Å²) in [7, 11) is 0. The van der Waals surface area contributed by atoms with E-state index in [9.17, 15) is 9.90 Å². The van der Waals surface area contributed by atoms with Gasteiger partial charge in [-0.25, -0.2) is 4.79 Å². The van der Waals surface area contributed by atoms with E-state index in [1.54, 1.807) is 12.1 Å². The molecule has 0 aliphatic rings. The zero-order chi connectivity index (χ0) is 12.0. The zero-order valence-corrected chi connectivity index (χ0v) is 10.2. The Morgan fingerprint density at radius 2 is 2.00 bits per heavy atom. The third-order valence-electron chi connectivity index (χ3n) is 2.75. The van der Waals surface area contributed by atoms with Crippen LogP contribution in [0.4, 0.5) is 0 Å². The SMILES string of the molecule is O=C(O)c1cc2ccc(Cl)cc2c2sccc12. The number of carbonyl (C=O) groups is 1. The molecule has 1 N–H and O–H groups in total. The molecule has 0 saturated heterocycles. The minimum Gasteiger partial charge on any atom is -0.478 e. The maximum absolute atomic E-state index is 11.2. The normalized spacial score (nSPS) is 11.1. The van der Waals surface area contributed by atoms with Crippen molar-refractivity contribution in [1.82, 2.24) is 0 Å². The van der Waals surface area contributed by atoms with Crippen LogP contribution in [0.2, 0.25) is 5.02 Å². The van der Waals surface area contributed by atoms with Crippen LogP contribution in [0, 0.1) is 0 Å². The average Bonchev–Trinajstić information content (AvgIpc) is 2.76. The van der Waals surface area contributed by atoms with Crippen LogP contribution in [-0.2, 0) is 0 Å². The van der Waals surface area contributed by atoms with Crippen molar-refractivity contribution in [2.45, 2.75) is 0 Å². The van der Waals surface area contributed by atoms with Crippen LogP contribution >= 0.6 is 22.9 Å². The van der Waals surface area contributed by atoms with Crippen molar-refractivity contribution in [3.63, 3.8) is 0 Å². The largest absolute Gasteiger partial charge is 0.478 e. The maximum Gasteiger partial charge on any atom is 0.336 e. The zero-order valence-electron chi connectivity index (χ0n) is 8.61. The summed E-state index contributed by atoms with van der Waals surface area (Å²) < 4.78 is 0.974. The number of carboxylic acids is 1. The smallest absolute Gasteiger partial charge is 0.336 e. The highest BCUT2D eigenvalue weighted by Gasteiger charge is 2.12. The highest BCUT2D eigenvalue weighted by molar-refractivity contribution is 7.18. The van der Waals surface area contributed by atoms with Gasteiger partial charge in [0.1, 0.15) is 0 Å². The lowest BCUT2D eigenvalue weighted by atomic mass is 10.0. The number of hydrogen-bond acceptors (Lipinski definition) is 2. The molecule has 3 rings (SSSR count). The summed E-state index contributed by atoms with van der Waals surface area (Å²) >= 11 is 7.51. The van der Waals surface area contributed by atoms with Gasteiger partial charge in [-0.2, -0.15) is 0 Å². The molecule has 0 radical (unpaired) electrons. The minimum absolute atomic E-state index is 0.344. The van der Waals surface area contributed by atoms with Crippen molar-refractivity contribution >= 4 is 49.8 Å². The fourth-order valence-corrected chi connectivity index (χ4v) is 3.11. The first kappa shape index (κ1) is 10.6. The van der Waals surface area contributed by atoms with Crippen LogP contribution < -0.4 is 0 Å². The predicted octanol–water partition coefficient (Wildman–Crippen LogP) is 4.41. The topological polar surface area (TPSA) is 37.3 Å². The molecule has 0 fully saturated rings. The lowest BCUT2D eigenvalue weighted by Crippen LogP contribution is -1.96. The summed E-state index contributed by atoms with van der Waals surface area (Å²) in [6, 6.07) is 9.03. The molecule has 0 spiro atoms. The van der Waals surface area contributed by atoms with E-state index in [0.717, 1.165) is 20.9 Å². The van der Waals surface area contributed by atoms with Crippen molar-refractivity contribution in [3.05, 3.63) is 46.3 Å². The molecular weight excluding hydrogens is 256 g/mol. The fraction of sp³-hybridized carbons (Fsp3) is 0. The summed E-state index contributed by atoms with van der Waals surface area (Å²) in [6.07, 6.45) is 0. The van der Waals surface area contributed by atoms with Crippen LogP contribution in [0.25, 0.3) is 20.9 Å². The van der Waals surface area contributed by atoms with Gasteiger partial charge in [-0.05, 0) is 35.0 Å². The highest BCUT2D eigenvalue weighted by atomic mass is 35.5. The molecule has 0 aliphatic heterocycles. The van der Waals surface area contributed by atoms with E-state index in [-0.39, 0.29) is 0 Å². The number of rotatable bonds is 1.